The van der Waals surface area contributed by atoms with Gasteiger partial charge in [0.25, 0.3) is 0 Å². The third-order valence-electron chi connectivity index (χ3n) is 6.22. The lowest BCUT2D eigenvalue weighted by atomic mass is 9.96. The molecule has 9 nitrogen and oxygen atoms in total. The molecule has 0 unspecified atom stereocenters. The number of benzene rings is 1. The van der Waals surface area contributed by atoms with E-state index in [4.69, 9.17) is 0 Å². The van der Waals surface area contributed by atoms with Crippen molar-refractivity contribution >= 4 is 22.3 Å². The van der Waals surface area contributed by atoms with Gasteiger partial charge in [-0.2, -0.15) is 14.9 Å². The lowest BCUT2D eigenvalue weighted by Gasteiger charge is -2.23. The van der Waals surface area contributed by atoms with Gasteiger partial charge >= 0.3 is 0 Å². The van der Waals surface area contributed by atoms with Gasteiger partial charge in [0.1, 0.15) is 24.5 Å². The zero-order chi connectivity index (χ0) is 28.3. The fourth-order valence-corrected chi connectivity index (χ4v) is 4.13. The van der Waals surface area contributed by atoms with Crippen molar-refractivity contribution < 1.29 is 8.78 Å². The summed E-state index contributed by atoms with van der Waals surface area (Å²) >= 11 is 0. The summed E-state index contributed by atoms with van der Waals surface area (Å²) in [4.78, 5) is 8.35. The van der Waals surface area contributed by atoms with Gasteiger partial charge in [0.05, 0.1) is 40.6 Å². The third kappa shape index (κ3) is 5.93. The van der Waals surface area contributed by atoms with Crippen LogP contribution in [0.2, 0.25) is 0 Å². The number of halogens is 2. The van der Waals surface area contributed by atoms with Crippen molar-refractivity contribution in [3.63, 3.8) is 0 Å². The van der Waals surface area contributed by atoms with Crippen LogP contribution in [0.4, 0.5) is 20.2 Å². The van der Waals surface area contributed by atoms with E-state index in [1.54, 1.807) is 32.2 Å². The summed E-state index contributed by atoms with van der Waals surface area (Å²) in [7, 11) is 0. The number of hydrogen-bond acceptors (Lipinski definition) is 8. The molecule has 4 aromatic rings. The molecule has 1 aromatic carbocycles. The van der Waals surface area contributed by atoms with Crippen molar-refractivity contribution in [3.8, 4) is 12.1 Å². The van der Waals surface area contributed by atoms with Crippen LogP contribution in [-0.4, -0.2) is 38.2 Å². The Morgan fingerprint density at radius 3 is 2.51 bits per heavy atom. The van der Waals surface area contributed by atoms with Crippen molar-refractivity contribution in [1.82, 2.24) is 25.0 Å². The quantitative estimate of drug-likeness (QED) is 0.282. The molecule has 0 saturated carbocycles. The summed E-state index contributed by atoms with van der Waals surface area (Å²) in [5.41, 5.74) is 3.68. The number of nitriles is 2. The van der Waals surface area contributed by atoms with Gasteiger partial charge < -0.3 is 10.6 Å². The smallest absolute Gasteiger partial charge is 0.213 e. The molecule has 39 heavy (non-hydrogen) atoms. The standard InChI is InChI=1S/C28H29F2N9/c1-16(10-29)39-14-23(37-38-39)27(21-6-7-24(30)35-17(21)2)36-20-8-18(11-31)25-22(9-20)26(19(12-32)13-33-25)34-15-28(3,4)5/h6-9,13-14,16,27,36H,10,15H2,1-5H3,(H,33,34)/t16-,27-/m0/s1. The largest absolute Gasteiger partial charge is 0.383 e. The number of alkyl halides is 1. The van der Waals surface area contributed by atoms with E-state index in [0.717, 1.165) is 0 Å². The van der Waals surface area contributed by atoms with Crippen LogP contribution >= 0.6 is 0 Å². The van der Waals surface area contributed by atoms with Gasteiger partial charge in [-0.1, -0.05) is 32.1 Å². The Labute approximate surface area is 225 Å². The third-order valence-corrected chi connectivity index (χ3v) is 6.22. The summed E-state index contributed by atoms with van der Waals surface area (Å²) in [5.74, 6) is -0.619. The van der Waals surface area contributed by atoms with Crippen molar-refractivity contribution in [2.24, 2.45) is 5.41 Å². The van der Waals surface area contributed by atoms with E-state index in [0.29, 0.717) is 56.9 Å². The molecule has 0 fully saturated rings. The molecule has 2 atom stereocenters. The van der Waals surface area contributed by atoms with Gasteiger partial charge in [0.15, 0.2) is 0 Å². The Morgan fingerprint density at radius 1 is 1.13 bits per heavy atom. The first-order valence-electron chi connectivity index (χ1n) is 12.4. The highest BCUT2D eigenvalue weighted by atomic mass is 19.1. The summed E-state index contributed by atoms with van der Waals surface area (Å²) in [5, 5.41) is 35.4. The number of rotatable bonds is 8. The SMILES string of the molecule is Cc1nc(F)ccc1[C@H](Nc1cc(C#N)c2ncc(C#N)c(NCC(C)(C)C)c2c1)c1cn([C@@H](C)CF)nn1. The maximum Gasteiger partial charge on any atom is 0.213 e. The molecule has 3 aromatic heterocycles. The van der Waals surface area contributed by atoms with Crippen LogP contribution in [0.5, 0.6) is 0 Å². The molecule has 4 rings (SSSR count). The molecular weight excluding hydrogens is 500 g/mol. The average Bonchev–Trinajstić information content (AvgIpc) is 3.39. The fraction of sp³-hybridized carbons (Fsp3) is 0.357. The lowest BCUT2D eigenvalue weighted by Crippen LogP contribution is -2.20. The minimum absolute atomic E-state index is 0.0724. The molecule has 200 valence electrons. The Bertz CT molecular complexity index is 1590. The highest BCUT2D eigenvalue weighted by molar-refractivity contribution is 5.99. The Balaban J connectivity index is 1.87. The first kappa shape index (κ1) is 27.4. The van der Waals surface area contributed by atoms with E-state index in [1.807, 2.05) is 6.07 Å². The zero-order valence-electron chi connectivity index (χ0n) is 22.4. The highest BCUT2D eigenvalue weighted by Gasteiger charge is 2.23. The van der Waals surface area contributed by atoms with Crippen LogP contribution in [0.25, 0.3) is 10.9 Å². The van der Waals surface area contributed by atoms with Crippen LogP contribution in [0.3, 0.4) is 0 Å². The molecule has 0 bridgehead atoms. The number of nitrogens with zero attached hydrogens (tertiary/aromatic N) is 7. The number of anilines is 2. The first-order chi connectivity index (χ1) is 18.5. The summed E-state index contributed by atoms with van der Waals surface area (Å²) in [6.45, 7) is 9.55. The van der Waals surface area contributed by atoms with Crippen molar-refractivity contribution in [1.29, 1.82) is 10.5 Å². The normalized spacial score (nSPS) is 12.9. The molecule has 3 heterocycles. The fourth-order valence-electron chi connectivity index (χ4n) is 4.13. The van der Waals surface area contributed by atoms with E-state index < -0.39 is 24.7 Å². The molecule has 2 N–H and O–H groups in total. The predicted octanol–water partition coefficient (Wildman–Crippen LogP) is 5.60. The van der Waals surface area contributed by atoms with Gasteiger partial charge in [0.2, 0.25) is 5.95 Å². The number of pyridine rings is 2. The van der Waals surface area contributed by atoms with Crippen LogP contribution in [0.1, 0.15) is 67.9 Å². The molecule has 0 radical (unpaired) electrons. The van der Waals surface area contributed by atoms with Gasteiger partial charge in [-0.15, -0.1) is 5.10 Å². The second kappa shape index (κ2) is 11.0. The Hall–Kier alpha value is -4.64. The first-order valence-corrected chi connectivity index (χ1v) is 12.4. The molecule has 11 heteroatoms. The molecule has 0 aliphatic rings. The van der Waals surface area contributed by atoms with Gasteiger partial charge in [-0.25, -0.2) is 14.1 Å². The number of hydrogen-bond donors (Lipinski definition) is 2. The van der Waals surface area contributed by atoms with E-state index in [2.05, 4.69) is 63.8 Å². The lowest BCUT2D eigenvalue weighted by molar-refractivity contribution is 0.351. The monoisotopic (exact) mass is 529 g/mol. The van der Waals surface area contributed by atoms with E-state index in [1.165, 1.54) is 16.9 Å². The van der Waals surface area contributed by atoms with Gasteiger partial charge in [0, 0.05) is 35.1 Å². The van der Waals surface area contributed by atoms with Crippen molar-refractivity contribution in [3.05, 3.63) is 70.7 Å². The molecule has 0 aliphatic heterocycles. The number of aromatic nitrogens is 5. The van der Waals surface area contributed by atoms with Crippen molar-refractivity contribution in [2.75, 3.05) is 23.9 Å². The Kier molecular flexibility index (Phi) is 7.73. The van der Waals surface area contributed by atoms with Gasteiger partial charge in [-0.05, 0) is 37.5 Å². The average molecular weight is 530 g/mol. The minimum atomic E-state index is -0.652. The molecule has 0 amide bonds. The van der Waals surface area contributed by atoms with Crippen LogP contribution in [-0.2, 0) is 0 Å². The van der Waals surface area contributed by atoms with Gasteiger partial charge in [-0.3, -0.25) is 4.98 Å². The summed E-state index contributed by atoms with van der Waals surface area (Å²) in [6, 6.07) is 9.53. The zero-order valence-corrected chi connectivity index (χ0v) is 22.4. The number of aryl methyl sites for hydroxylation is 1. The topological polar surface area (TPSA) is 128 Å². The van der Waals surface area contributed by atoms with E-state index in [9.17, 15) is 19.3 Å². The van der Waals surface area contributed by atoms with E-state index in [-0.39, 0.29) is 5.41 Å². The maximum atomic E-state index is 13.9. The Morgan fingerprint density at radius 2 is 1.87 bits per heavy atom. The second-order valence-electron chi connectivity index (χ2n) is 10.6. The molecule has 0 saturated heterocycles. The number of nitrogens with one attached hydrogen (secondary N) is 2. The molecule has 0 spiro atoms. The number of fused-ring (bicyclic) bond motifs is 1. The van der Waals surface area contributed by atoms with Crippen LogP contribution < -0.4 is 10.6 Å². The van der Waals surface area contributed by atoms with E-state index >= 15 is 0 Å². The maximum absolute atomic E-state index is 13.9. The van der Waals surface area contributed by atoms with Crippen molar-refractivity contribution in [2.45, 2.75) is 46.7 Å². The van der Waals surface area contributed by atoms with Crippen LogP contribution in [0, 0.1) is 40.9 Å². The second-order valence-corrected chi connectivity index (χ2v) is 10.6. The molecule has 0 aliphatic carbocycles. The summed E-state index contributed by atoms with van der Waals surface area (Å²) in [6.07, 6.45) is 3.09. The molecular formula is C28H29F2N9. The van der Waals surface area contributed by atoms with Crippen LogP contribution in [0.15, 0.2) is 36.7 Å². The predicted molar refractivity (Wildman–Crippen MR) is 144 cm³/mol. The highest BCUT2D eigenvalue weighted by Crippen LogP contribution is 2.34. The minimum Gasteiger partial charge on any atom is -0.383 e. The summed E-state index contributed by atoms with van der Waals surface area (Å²) < 4.78 is 28.6.